The number of rotatable bonds is 7. The number of carbonyl (C=O) groups excluding carboxylic acids is 1. The predicted octanol–water partition coefficient (Wildman–Crippen LogP) is 2.12. The van der Waals surface area contributed by atoms with E-state index < -0.39 is 0 Å². The van der Waals surface area contributed by atoms with Crippen molar-refractivity contribution in [3.8, 4) is 0 Å². The van der Waals surface area contributed by atoms with Crippen LogP contribution < -0.4 is 5.32 Å². The zero-order valence-corrected chi connectivity index (χ0v) is 12.1. The fourth-order valence-corrected chi connectivity index (χ4v) is 1.12. The molecule has 0 fully saturated rings. The molecule has 1 N–H and O–H groups in total. The Morgan fingerprint density at radius 1 is 1.18 bits per heavy atom. The minimum absolute atomic E-state index is 0.0400. The van der Waals surface area contributed by atoms with Crippen LogP contribution in [0.3, 0.4) is 0 Å². The van der Waals surface area contributed by atoms with E-state index in [4.69, 9.17) is 9.47 Å². The quantitative estimate of drug-likeness (QED) is 0.698. The lowest BCUT2D eigenvalue weighted by molar-refractivity contribution is -0.145. The first-order valence-corrected chi connectivity index (χ1v) is 6.12. The average molecular weight is 245 g/mol. The van der Waals surface area contributed by atoms with Crippen molar-refractivity contribution in [1.82, 2.24) is 5.32 Å². The first-order valence-electron chi connectivity index (χ1n) is 6.12. The highest BCUT2D eigenvalue weighted by molar-refractivity contribution is 5.69. The molecule has 0 unspecified atom stereocenters. The van der Waals surface area contributed by atoms with Crippen molar-refractivity contribution in [3.05, 3.63) is 0 Å². The highest BCUT2D eigenvalue weighted by atomic mass is 16.5. The number of carbonyl (C=O) groups is 1. The Morgan fingerprint density at radius 2 is 1.76 bits per heavy atom. The molecule has 0 aliphatic rings. The zero-order chi connectivity index (χ0) is 13.5. The second-order valence-corrected chi connectivity index (χ2v) is 5.86. The monoisotopic (exact) mass is 245 g/mol. The Labute approximate surface area is 105 Å². The minimum Gasteiger partial charge on any atom is -0.466 e. The summed E-state index contributed by atoms with van der Waals surface area (Å²) in [4.78, 5) is 11.4. The van der Waals surface area contributed by atoms with Gasteiger partial charge in [0.15, 0.2) is 0 Å². The Hall–Kier alpha value is -0.610. The summed E-state index contributed by atoms with van der Waals surface area (Å²) in [7, 11) is 1.66. The molecule has 0 bridgehead atoms. The third-order valence-electron chi connectivity index (χ3n) is 2.50. The molecule has 0 aliphatic carbocycles. The van der Waals surface area contributed by atoms with Crippen molar-refractivity contribution in [2.45, 2.75) is 58.6 Å². The van der Waals surface area contributed by atoms with Gasteiger partial charge >= 0.3 is 5.97 Å². The van der Waals surface area contributed by atoms with Crippen LogP contribution in [0.15, 0.2) is 0 Å². The van der Waals surface area contributed by atoms with Crippen LogP contribution in [0.2, 0.25) is 0 Å². The van der Waals surface area contributed by atoms with Gasteiger partial charge in [0.25, 0.3) is 0 Å². The van der Waals surface area contributed by atoms with Crippen LogP contribution >= 0.6 is 0 Å². The topological polar surface area (TPSA) is 47.6 Å². The van der Waals surface area contributed by atoms with E-state index in [9.17, 15) is 4.79 Å². The van der Waals surface area contributed by atoms with Gasteiger partial charge in [0, 0.05) is 25.6 Å². The van der Waals surface area contributed by atoms with Crippen LogP contribution in [0.4, 0.5) is 0 Å². The lowest BCUT2D eigenvalue weighted by Gasteiger charge is -2.22. The summed E-state index contributed by atoms with van der Waals surface area (Å²) in [6, 6.07) is 0. The predicted molar refractivity (Wildman–Crippen MR) is 69.0 cm³/mol. The van der Waals surface area contributed by atoms with Gasteiger partial charge < -0.3 is 14.8 Å². The molecule has 0 radical (unpaired) electrons. The summed E-state index contributed by atoms with van der Waals surface area (Å²) in [5.74, 6) is -0.159. The van der Waals surface area contributed by atoms with Crippen LogP contribution in [0.5, 0.6) is 0 Å². The molecule has 0 aromatic carbocycles. The Bertz CT molecular complexity index is 231. The molecule has 4 nitrogen and oxygen atoms in total. The molecule has 102 valence electrons. The van der Waals surface area contributed by atoms with Crippen LogP contribution in [0.25, 0.3) is 0 Å². The second-order valence-electron chi connectivity index (χ2n) is 5.86. The van der Waals surface area contributed by atoms with Gasteiger partial charge in [-0.25, -0.2) is 0 Å². The summed E-state index contributed by atoms with van der Waals surface area (Å²) >= 11 is 0. The molecular weight excluding hydrogens is 218 g/mol. The molecule has 0 aromatic heterocycles. The van der Waals surface area contributed by atoms with Crippen molar-refractivity contribution in [3.63, 3.8) is 0 Å². The van der Waals surface area contributed by atoms with E-state index in [1.807, 2.05) is 13.8 Å². The maximum atomic E-state index is 11.4. The molecule has 0 aromatic rings. The van der Waals surface area contributed by atoms with Crippen molar-refractivity contribution in [2.75, 3.05) is 20.3 Å². The second kappa shape index (κ2) is 6.97. The number of hydrogen-bond donors (Lipinski definition) is 1. The molecule has 0 saturated carbocycles. The van der Waals surface area contributed by atoms with E-state index in [-0.39, 0.29) is 17.1 Å². The van der Waals surface area contributed by atoms with Crippen LogP contribution in [0, 0.1) is 0 Å². The minimum atomic E-state index is -0.232. The van der Waals surface area contributed by atoms with Crippen LogP contribution in [0.1, 0.15) is 47.5 Å². The number of nitrogens with one attached hydrogen (secondary N) is 1. The van der Waals surface area contributed by atoms with E-state index in [0.29, 0.717) is 26.0 Å². The van der Waals surface area contributed by atoms with E-state index in [1.165, 1.54) is 0 Å². The summed E-state index contributed by atoms with van der Waals surface area (Å²) in [6.07, 6.45) is 1.12. The molecule has 0 spiro atoms. The van der Waals surface area contributed by atoms with Gasteiger partial charge in [0.1, 0.15) is 0 Å². The molecule has 0 aliphatic heterocycles. The zero-order valence-electron chi connectivity index (χ0n) is 12.1. The third-order valence-corrected chi connectivity index (χ3v) is 2.50. The molecule has 17 heavy (non-hydrogen) atoms. The molecule has 0 amide bonds. The smallest absolute Gasteiger partial charge is 0.307 e. The Balaban J connectivity index is 3.61. The first-order chi connectivity index (χ1) is 7.66. The lowest BCUT2D eigenvalue weighted by Crippen LogP contribution is -2.37. The fourth-order valence-electron chi connectivity index (χ4n) is 1.12. The van der Waals surface area contributed by atoms with Gasteiger partial charge in [-0.05, 0) is 34.6 Å². The average Bonchev–Trinajstić information content (AvgIpc) is 2.15. The molecule has 0 atom stereocenters. The largest absolute Gasteiger partial charge is 0.466 e. The molecule has 4 heteroatoms. The lowest BCUT2D eigenvalue weighted by atomic mass is 10.1. The normalized spacial score (nSPS) is 12.6. The van der Waals surface area contributed by atoms with Gasteiger partial charge in [-0.2, -0.15) is 0 Å². The number of methoxy groups -OCH3 is 1. The number of ether oxygens (including phenoxy) is 2. The van der Waals surface area contributed by atoms with Gasteiger partial charge in [0.05, 0.1) is 18.6 Å². The summed E-state index contributed by atoms with van der Waals surface area (Å²) in [5.41, 5.74) is -0.192. The van der Waals surface area contributed by atoms with Gasteiger partial charge in [-0.15, -0.1) is 0 Å². The molecule has 0 saturated heterocycles. The maximum Gasteiger partial charge on any atom is 0.307 e. The first kappa shape index (κ1) is 16.4. The maximum absolute atomic E-state index is 11.4. The number of esters is 1. The van der Waals surface area contributed by atoms with Crippen molar-refractivity contribution < 1.29 is 14.3 Å². The van der Waals surface area contributed by atoms with Crippen LogP contribution in [-0.2, 0) is 14.3 Å². The van der Waals surface area contributed by atoms with E-state index in [0.717, 1.165) is 0 Å². The van der Waals surface area contributed by atoms with Gasteiger partial charge in [-0.3, -0.25) is 4.79 Å². The van der Waals surface area contributed by atoms with E-state index >= 15 is 0 Å². The molecule has 0 rings (SSSR count). The van der Waals surface area contributed by atoms with Crippen molar-refractivity contribution >= 4 is 5.97 Å². The highest BCUT2D eigenvalue weighted by Gasteiger charge is 2.17. The summed E-state index contributed by atoms with van der Waals surface area (Å²) in [5, 5.41) is 3.25. The van der Waals surface area contributed by atoms with Gasteiger partial charge in [0.2, 0.25) is 0 Å². The van der Waals surface area contributed by atoms with Crippen molar-refractivity contribution in [1.29, 1.82) is 0 Å². The Kier molecular flexibility index (Phi) is 6.72. The van der Waals surface area contributed by atoms with E-state index in [1.54, 1.807) is 7.11 Å². The highest BCUT2D eigenvalue weighted by Crippen LogP contribution is 2.12. The summed E-state index contributed by atoms with van der Waals surface area (Å²) in [6.45, 7) is 11.2. The van der Waals surface area contributed by atoms with Crippen molar-refractivity contribution in [2.24, 2.45) is 0 Å². The third kappa shape index (κ3) is 10.3. The fraction of sp³-hybridized carbons (Fsp3) is 0.923. The summed E-state index contributed by atoms with van der Waals surface area (Å²) < 4.78 is 10.4. The van der Waals surface area contributed by atoms with Crippen LogP contribution in [-0.4, -0.2) is 37.4 Å². The van der Waals surface area contributed by atoms with Gasteiger partial charge in [-0.1, -0.05) is 0 Å². The number of hydrogen-bond acceptors (Lipinski definition) is 4. The standard InChI is InChI=1S/C13H27NO3/c1-12(2,3)14-9-7-11(15)17-10-8-13(4,5)16-6/h14H,7-10H2,1-6H3. The molecular formula is C13H27NO3. The Morgan fingerprint density at radius 3 is 2.24 bits per heavy atom. The van der Waals surface area contributed by atoms with E-state index in [2.05, 4.69) is 26.1 Å². The SMILES string of the molecule is COC(C)(C)CCOC(=O)CCNC(C)(C)C. The molecule has 0 heterocycles.